The van der Waals surface area contributed by atoms with Gasteiger partial charge in [0.05, 0.1) is 0 Å². The van der Waals surface area contributed by atoms with Crippen LogP contribution in [0.1, 0.15) is 65.3 Å². The Morgan fingerprint density at radius 1 is 1.33 bits per heavy atom. The van der Waals surface area contributed by atoms with Crippen LogP contribution in [-0.4, -0.2) is 32.6 Å². The zero-order valence-electron chi connectivity index (χ0n) is 13.4. The van der Waals surface area contributed by atoms with Gasteiger partial charge in [-0.3, -0.25) is 4.57 Å². The average Bonchev–Trinajstić information content (AvgIpc) is 2.78. The molecule has 1 fully saturated rings. The number of hydrogen-bond donors (Lipinski definition) is 2. The van der Waals surface area contributed by atoms with E-state index in [4.69, 9.17) is 0 Å². The van der Waals surface area contributed by atoms with Gasteiger partial charge in [0.1, 0.15) is 0 Å². The molecule has 21 heavy (non-hydrogen) atoms. The van der Waals surface area contributed by atoms with Crippen molar-refractivity contribution in [2.45, 2.75) is 81.8 Å². The van der Waals surface area contributed by atoms with Crippen LogP contribution >= 0.6 is 11.8 Å². The van der Waals surface area contributed by atoms with E-state index < -0.39 is 0 Å². The number of rotatable bonds is 5. The Morgan fingerprint density at radius 3 is 2.71 bits per heavy atom. The van der Waals surface area contributed by atoms with Gasteiger partial charge in [-0.25, -0.2) is 9.89 Å². The molecular weight excluding hydrogens is 284 g/mol. The summed E-state index contributed by atoms with van der Waals surface area (Å²) in [6.07, 6.45) is 7.66. The molecule has 0 bridgehead atoms. The van der Waals surface area contributed by atoms with Crippen LogP contribution < -0.4 is 11.0 Å². The Morgan fingerprint density at radius 2 is 2.05 bits per heavy atom. The molecule has 0 aromatic carbocycles. The molecule has 1 aliphatic rings. The zero-order valence-corrected chi connectivity index (χ0v) is 14.2. The Balaban J connectivity index is 2.15. The molecule has 1 aromatic heterocycles. The number of thioether (sulfide) groups is 1. The molecule has 2 unspecified atom stereocenters. The van der Waals surface area contributed by atoms with Crippen LogP contribution in [0.5, 0.6) is 0 Å². The maximum Gasteiger partial charge on any atom is 0.344 e. The standard InChI is InChI=1S/C15H28N4OS/c1-4-16-12-9-7-5-6-8-10-13(12)21-15-18-17-14(20)19(15)11(2)3/h11-13,16H,4-10H2,1-3H3,(H,17,20). The molecule has 2 atom stereocenters. The summed E-state index contributed by atoms with van der Waals surface area (Å²) >= 11 is 1.77. The van der Waals surface area contributed by atoms with Crippen molar-refractivity contribution in [1.29, 1.82) is 0 Å². The van der Waals surface area contributed by atoms with E-state index in [9.17, 15) is 4.79 Å². The molecule has 2 N–H and O–H groups in total. The van der Waals surface area contributed by atoms with Crippen molar-refractivity contribution >= 4 is 11.8 Å². The van der Waals surface area contributed by atoms with Crippen molar-refractivity contribution in [3.63, 3.8) is 0 Å². The van der Waals surface area contributed by atoms with Crippen molar-refractivity contribution in [3.8, 4) is 0 Å². The summed E-state index contributed by atoms with van der Waals surface area (Å²) in [5.41, 5.74) is -0.0988. The van der Waals surface area contributed by atoms with Gasteiger partial charge in [-0.15, -0.1) is 5.10 Å². The molecule has 0 saturated heterocycles. The molecular formula is C15H28N4OS. The molecule has 1 saturated carbocycles. The number of nitrogens with zero attached hydrogens (tertiary/aromatic N) is 2. The largest absolute Gasteiger partial charge is 0.344 e. The van der Waals surface area contributed by atoms with E-state index in [-0.39, 0.29) is 11.7 Å². The summed E-state index contributed by atoms with van der Waals surface area (Å²) in [4.78, 5) is 11.9. The number of aromatic amines is 1. The van der Waals surface area contributed by atoms with E-state index >= 15 is 0 Å². The van der Waals surface area contributed by atoms with Gasteiger partial charge in [-0.1, -0.05) is 44.4 Å². The van der Waals surface area contributed by atoms with Crippen molar-refractivity contribution in [2.75, 3.05) is 6.54 Å². The Hall–Kier alpha value is -0.750. The number of nitrogens with one attached hydrogen (secondary N) is 2. The Bertz CT molecular complexity index is 482. The van der Waals surface area contributed by atoms with Crippen molar-refractivity contribution < 1.29 is 0 Å². The molecule has 6 heteroatoms. The normalized spacial score (nSPS) is 24.0. The van der Waals surface area contributed by atoms with Gasteiger partial charge in [0.25, 0.3) is 0 Å². The fourth-order valence-electron chi connectivity index (χ4n) is 3.05. The number of H-pyrrole nitrogens is 1. The highest BCUT2D eigenvalue weighted by molar-refractivity contribution is 7.99. The highest BCUT2D eigenvalue weighted by atomic mass is 32.2. The van der Waals surface area contributed by atoms with Crippen molar-refractivity contribution in [3.05, 3.63) is 10.5 Å². The second kappa shape index (κ2) is 8.03. The molecule has 1 heterocycles. The van der Waals surface area contributed by atoms with Gasteiger partial charge in [0.2, 0.25) is 0 Å². The van der Waals surface area contributed by atoms with E-state index in [0.29, 0.717) is 11.3 Å². The summed E-state index contributed by atoms with van der Waals surface area (Å²) in [5.74, 6) is 0. The maximum atomic E-state index is 11.9. The fourth-order valence-corrected chi connectivity index (χ4v) is 4.51. The molecule has 0 amide bonds. The minimum absolute atomic E-state index is 0.0988. The quantitative estimate of drug-likeness (QED) is 0.877. The molecule has 0 spiro atoms. The highest BCUT2D eigenvalue weighted by Crippen LogP contribution is 2.31. The fraction of sp³-hybridized carbons (Fsp3) is 0.867. The Labute approximate surface area is 131 Å². The lowest BCUT2D eigenvalue weighted by Gasteiger charge is -2.29. The predicted octanol–water partition coefficient (Wildman–Crippen LogP) is 2.95. The zero-order chi connectivity index (χ0) is 15.2. The van der Waals surface area contributed by atoms with E-state index in [0.717, 1.165) is 11.7 Å². The first-order chi connectivity index (χ1) is 10.1. The lowest BCUT2D eigenvalue weighted by molar-refractivity contribution is 0.405. The first-order valence-corrected chi connectivity index (χ1v) is 9.08. The summed E-state index contributed by atoms with van der Waals surface area (Å²) < 4.78 is 1.77. The third-order valence-electron chi connectivity index (χ3n) is 4.11. The molecule has 1 aromatic rings. The predicted molar refractivity (Wildman–Crippen MR) is 88.0 cm³/mol. The van der Waals surface area contributed by atoms with Gasteiger partial charge in [-0.05, 0) is 33.2 Å². The van der Waals surface area contributed by atoms with Gasteiger partial charge in [-0.2, -0.15) is 0 Å². The third kappa shape index (κ3) is 4.36. The minimum Gasteiger partial charge on any atom is -0.313 e. The summed E-state index contributed by atoms with van der Waals surface area (Å²) in [6.45, 7) is 7.22. The van der Waals surface area contributed by atoms with E-state index in [1.165, 1.54) is 38.5 Å². The number of aromatic nitrogens is 3. The lowest BCUT2D eigenvalue weighted by Crippen LogP contribution is -2.39. The molecule has 0 aliphatic heterocycles. The first kappa shape index (κ1) is 16.6. The van der Waals surface area contributed by atoms with Crippen LogP contribution in [0.2, 0.25) is 0 Å². The summed E-state index contributed by atoms with van der Waals surface area (Å²) in [6, 6.07) is 0.664. The topological polar surface area (TPSA) is 62.7 Å². The van der Waals surface area contributed by atoms with Crippen LogP contribution in [0.3, 0.4) is 0 Å². The minimum atomic E-state index is -0.0988. The Kier molecular flexibility index (Phi) is 6.36. The van der Waals surface area contributed by atoms with Gasteiger partial charge < -0.3 is 5.32 Å². The molecule has 1 aliphatic carbocycles. The molecule has 120 valence electrons. The number of hydrogen-bond acceptors (Lipinski definition) is 4. The SMILES string of the molecule is CCNC1CCCCCCC1Sc1n[nH]c(=O)n1C(C)C. The summed E-state index contributed by atoms with van der Waals surface area (Å²) in [5, 5.41) is 11.8. The third-order valence-corrected chi connectivity index (χ3v) is 5.48. The van der Waals surface area contributed by atoms with E-state index in [1.807, 2.05) is 13.8 Å². The second-order valence-electron chi connectivity index (χ2n) is 6.09. The van der Waals surface area contributed by atoms with Crippen LogP contribution in [-0.2, 0) is 0 Å². The van der Waals surface area contributed by atoms with Crippen molar-refractivity contribution in [2.24, 2.45) is 0 Å². The lowest BCUT2D eigenvalue weighted by atomic mass is 9.96. The van der Waals surface area contributed by atoms with Gasteiger partial charge >= 0.3 is 5.69 Å². The maximum absolute atomic E-state index is 11.9. The highest BCUT2D eigenvalue weighted by Gasteiger charge is 2.25. The average molecular weight is 312 g/mol. The summed E-state index contributed by atoms with van der Waals surface area (Å²) in [7, 11) is 0. The van der Waals surface area contributed by atoms with E-state index in [1.54, 1.807) is 16.3 Å². The molecule has 0 radical (unpaired) electrons. The van der Waals surface area contributed by atoms with Crippen molar-refractivity contribution in [1.82, 2.24) is 20.1 Å². The van der Waals surface area contributed by atoms with E-state index in [2.05, 4.69) is 22.4 Å². The van der Waals surface area contributed by atoms with Crippen LogP contribution in [0.15, 0.2) is 9.95 Å². The molecule has 5 nitrogen and oxygen atoms in total. The van der Waals surface area contributed by atoms with Gasteiger partial charge in [0.15, 0.2) is 5.16 Å². The van der Waals surface area contributed by atoms with Crippen LogP contribution in [0.25, 0.3) is 0 Å². The van der Waals surface area contributed by atoms with Gasteiger partial charge in [0, 0.05) is 17.3 Å². The second-order valence-corrected chi connectivity index (χ2v) is 7.29. The smallest absolute Gasteiger partial charge is 0.313 e. The van der Waals surface area contributed by atoms with Crippen LogP contribution in [0.4, 0.5) is 0 Å². The van der Waals surface area contributed by atoms with Crippen LogP contribution in [0, 0.1) is 0 Å². The molecule has 2 rings (SSSR count). The first-order valence-electron chi connectivity index (χ1n) is 8.20. The monoisotopic (exact) mass is 312 g/mol.